The first-order valence-electron chi connectivity index (χ1n) is 5.22. The van der Waals surface area contributed by atoms with E-state index in [-0.39, 0.29) is 0 Å². The highest BCUT2D eigenvalue weighted by Gasteiger charge is 2.04. The van der Waals surface area contributed by atoms with Gasteiger partial charge in [0.2, 0.25) is 0 Å². The summed E-state index contributed by atoms with van der Waals surface area (Å²) in [6.07, 6.45) is 0.756. The van der Waals surface area contributed by atoms with Gasteiger partial charge in [0, 0.05) is 31.5 Å². The lowest BCUT2D eigenvalue weighted by Gasteiger charge is -2.19. The molecule has 1 rings (SSSR count). The first kappa shape index (κ1) is 13.0. The third kappa shape index (κ3) is 3.51. The molecular weight excluding hydrogens is 226 g/mol. The molecule has 0 saturated carbocycles. The zero-order valence-electron chi connectivity index (χ0n) is 9.57. The van der Waals surface area contributed by atoms with Crippen molar-refractivity contribution in [1.29, 1.82) is 0 Å². The minimum absolute atomic E-state index is 0.482. The first-order chi connectivity index (χ1) is 7.69. The zero-order valence-corrected chi connectivity index (χ0v) is 10.3. The van der Waals surface area contributed by atoms with E-state index in [4.69, 9.17) is 16.3 Å². The van der Waals surface area contributed by atoms with E-state index in [0.29, 0.717) is 17.2 Å². The van der Waals surface area contributed by atoms with Crippen molar-refractivity contribution in [3.8, 4) is 0 Å². The van der Waals surface area contributed by atoms with Crippen molar-refractivity contribution in [2.75, 3.05) is 31.7 Å². The van der Waals surface area contributed by atoms with Crippen LogP contribution < -0.4 is 4.90 Å². The SMILES string of the molecule is CCOCCN(C)c1ccc(C=O)c(Cl)c1. The van der Waals surface area contributed by atoms with Crippen LogP contribution in [0, 0.1) is 0 Å². The number of ether oxygens (including phenoxy) is 1. The number of rotatable bonds is 6. The van der Waals surface area contributed by atoms with Crippen molar-refractivity contribution in [2.24, 2.45) is 0 Å². The van der Waals surface area contributed by atoms with Crippen LogP contribution in [0.1, 0.15) is 17.3 Å². The largest absolute Gasteiger partial charge is 0.380 e. The Morgan fingerprint density at radius 2 is 2.25 bits per heavy atom. The van der Waals surface area contributed by atoms with Crippen LogP contribution >= 0.6 is 11.6 Å². The predicted molar refractivity (Wildman–Crippen MR) is 66.6 cm³/mol. The minimum Gasteiger partial charge on any atom is -0.380 e. The van der Waals surface area contributed by atoms with Crippen LogP contribution in [-0.4, -0.2) is 33.1 Å². The van der Waals surface area contributed by atoms with Crippen LogP contribution in [0.5, 0.6) is 0 Å². The molecule has 0 aliphatic heterocycles. The van der Waals surface area contributed by atoms with E-state index in [1.807, 2.05) is 24.9 Å². The summed E-state index contributed by atoms with van der Waals surface area (Å²) in [5.74, 6) is 0. The Hall–Kier alpha value is -1.06. The molecule has 0 N–H and O–H groups in total. The fourth-order valence-electron chi connectivity index (χ4n) is 1.32. The molecule has 3 nitrogen and oxygen atoms in total. The van der Waals surface area contributed by atoms with Crippen LogP contribution in [0.25, 0.3) is 0 Å². The van der Waals surface area contributed by atoms with E-state index in [1.54, 1.807) is 12.1 Å². The zero-order chi connectivity index (χ0) is 12.0. The third-order valence-corrected chi connectivity index (χ3v) is 2.65. The summed E-state index contributed by atoms with van der Waals surface area (Å²) >= 11 is 5.95. The average Bonchev–Trinajstić information content (AvgIpc) is 2.29. The fraction of sp³-hybridized carbons (Fsp3) is 0.417. The fourth-order valence-corrected chi connectivity index (χ4v) is 1.54. The van der Waals surface area contributed by atoms with Crippen molar-refractivity contribution >= 4 is 23.6 Å². The molecule has 0 aromatic heterocycles. The van der Waals surface area contributed by atoms with Crippen LogP contribution in [0.4, 0.5) is 5.69 Å². The highest BCUT2D eigenvalue weighted by molar-refractivity contribution is 6.33. The number of aldehydes is 1. The molecule has 16 heavy (non-hydrogen) atoms. The third-order valence-electron chi connectivity index (χ3n) is 2.33. The highest BCUT2D eigenvalue weighted by atomic mass is 35.5. The van der Waals surface area contributed by atoms with E-state index in [2.05, 4.69) is 0 Å². The molecule has 4 heteroatoms. The summed E-state index contributed by atoms with van der Waals surface area (Å²) in [5.41, 5.74) is 1.50. The van der Waals surface area contributed by atoms with Gasteiger partial charge < -0.3 is 9.64 Å². The van der Waals surface area contributed by atoms with Crippen LogP contribution in [0.2, 0.25) is 5.02 Å². The molecule has 0 bridgehead atoms. The van der Waals surface area contributed by atoms with E-state index < -0.39 is 0 Å². The maximum Gasteiger partial charge on any atom is 0.151 e. The van der Waals surface area contributed by atoms with E-state index in [0.717, 1.165) is 25.1 Å². The van der Waals surface area contributed by atoms with Gasteiger partial charge in [0.1, 0.15) is 0 Å². The van der Waals surface area contributed by atoms with Gasteiger partial charge in [0.15, 0.2) is 6.29 Å². The van der Waals surface area contributed by atoms with Gasteiger partial charge in [-0.2, -0.15) is 0 Å². The van der Waals surface area contributed by atoms with Gasteiger partial charge in [-0.05, 0) is 25.1 Å². The average molecular weight is 242 g/mol. The lowest BCUT2D eigenvalue weighted by molar-refractivity contribution is 0.112. The molecule has 0 aliphatic rings. The maximum atomic E-state index is 10.6. The van der Waals surface area contributed by atoms with Gasteiger partial charge in [0.25, 0.3) is 0 Å². The summed E-state index contributed by atoms with van der Waals surface area (Å²) in [7, 11) is 1.96. The lowest BCUT2D eigenvalue weighted by atomic mass is 10.2. The first-order valence-corrected chi connectivity index (χ1v) is 5.60. The summed E-state index contributed by atoms with van der Waals surface area (Å²) in [6, 6.07) is 5.39. The number of hydrogen-bond acceptors (Lipinski definition) is 3. The number of halogens is 1. The number of likely N-dealkylation sites (N-methyl/N-ethyl adjacent to an activating group) is 1. The molecule has 1 aromatic carbocycles. The van der Waals surface area contributed by atoms with E-state index in [9.17, 15) is 4.79 Å². The summed E-state index contributed by atoms with van der Waals surface area (Å²) in [5, 5.41) is 0.482. The monoisotopic (exact) mass is 241 g/mol. The maximum absolute atomic E-state index is 10.6. The summed E-state index contributed by atoms with van der Waals surface area (Å²) < 4.78 is 5.27. The van der Waals surface area contributed by atoms with Gasteiger partial charge in [0.05, 0.1) is 11.6 Å². The molecule has 88 valence electrons. The molecule has 0 atom stereocenters. The second-order valence-corrected chi connectivity index (χ2v) is 3.85. The second kappa shape index (κ2) is 6.51. The van der Waals surface area contributed by atoms with Crippen molar-refractivity contribution < 1.29 is 9.53 Å². The van der Waals surface area contributed by atoms with Crippen molar-refractivity contribution in [3.63, 3.8) is 0 Å². The molecule has 0 fully saturated rings. The molecule has 0 spiro atoms. The number of benzene rings is 1. The molecule has 0 unspecified atom stereocenters. The predicted octanol–water partition coefficient (Wildman–Crippen LogP) is 2.63. The van der Waals surface area contributed by atoms with E-state index in [1.165, 1.54) is 0 Å². The topological polar surface area (TPSA) is 29.5 Å². The molecule has 0 aliphatic carbocycles. The summed E-state index contributed by atoms with van der Waals surface area (Å²) in [4.78, 5) is 12.6. The molecule has 1 aromatic rings. The Morgan fingerprint density at radius 3 is 2.81 bits per heavy atom. The quantitative estimate of drug-likeness (QED) is 0.567. The van der Waals surface area contributed by atoms with Crippen molar-refractivity contribution in [1.82, 2.24) is 0 Å². The molecule has 0 heterocycles. The van der Waals surface area contributed by atoms with Gasteiger partial charge in [-0.3, -0.25) is 4.79 Å². The Bertz CT molecular complexity index is 355. The Labute approximate surface area is 101 Å². The molecular formula is C12H16ClNO2. The van der Waals surface area contributed by atoms with Gasteiger partial charge in [-0.1, -0.05) is 11.6 Å². The molecule has 0 radical (unpaired) electrons. The van der Waals surface area contributed by atoms with Gasteiger partial charge >= 0.3 is 0 Å². The second-order valence-electron chi connectivity index (χ2n) is 3.44. The smallest absolute Gasteiger partial charge is 0.151 e. The normalized spacial score (nSPS) is 10.2. The van der Waals surface area contributed by atoms with Crippen LogP contribution in [0.15, 0.2) is 18.2 Å². The Balaban J connectivity index is 2.65. The number of carbonyl (C=O) groups excluding carboxylic acids is 1. The summed E-state index contributed by atoms with van der Waals surface area (Å²) in [6.45, 7) is 4.17. The lowest BCUT2D eigenvalue weighted by Crippen LogP contribution is -2.22. The van der Waals surface area contributed by atoms with Crippen LogP contribution in [-0.2, 0) is 4.74 Å². The number of nitrogens with zero attached hydrogens (tertiary/aromatic N) is 1. The highest BCUT2D eigenvalue weighted by Crippen LogP contribution is 2.21. The Kier molecular flexibility index (Phi) is 5.29. The van der Waals surface area contributed by atoms with Crippen LogP contribution in [0.3, 0.4) is 0 Å². The van der Waals surface area contributed by atoms with Gasteiger partial charge in [-0.25, -0.2) is 0 Å². The minimum atomic E-state index is 0.482. The number of carbonyl (C=O) groups is 1. The molecule has 0 saturated heterocycles. The standard InChI is InChI=1S/C12H16ClNO2/c1-3-16-7-6-14(2)11-5-4-10(9-15)12(13)8-11/h4-5,8-9H,3,6-7H2,1-2H3. The Morgan fingerprint density at radius 1 is 1.50 bits per heavy atom. The number of anilines is 1. The van der Waals surface area contributed by atoms with Crippen molar-refractivity contribution in [2.45, 2.75) is 6.92 Å². The van der Waals surface area contributed by atoms with Crippen molar-refractivity contribution in [3.05, 3.63) is 28.8 Å². The number of hydrogen-bond donors (Lipinski definition) is 0. The molecule has 0 amide bonds. The van der Waals surface area contributed by atoms with E-state index >= 15 is 0 Å². The van der Waals surface area contributed by atoms with Gasteiger partial charge in [-0.15, -0.1) is 0 Å².